The number of β-lactam (4-membered cyclic amide) rings is 1. The Bertz CT molecular complexity index is 387. The Labute approximate surface area is 104 Å². The number of rotatable bonds is 3. The van der Waals surface area contributed by atoms with Crippen LogP contribution in [0.2, 0.25) is 0 Å². The first-order valence-corrected chi connectivity index (χ1v) is 6.43. The van der Waals surface area contributed by atoms with Gasteiger partial charge in [-0.05, 0) is 30.6 Å². The molecule has 2 rings (SSSR count). The first kappa shape index (κ1) is 11.9. The second kappa shape index (κ2) is 4.34. The van der Waals surface area contributed by atoms with Gasteiger partial charge < -0.3 is 10.0 Å². The molecule has 0 radical (unpaired) electrons. The van der Waals surface area contributed by atoms with Gasteiger partial charge in [0.1, 0.15) is 0 Å². The summed E-state index contributed by atoms with van der Waals surface area (Å²) in [6, 6.07) is -0.00694. The summed E-state index contributed by atoms with van der Waals surface area (Å²) in [4.78, 5) is 14.6. The third-order valence-corrected chi connectivity index (χ3v) is 4.76. The summed E-state index contributed by atoms with van der Waals surface area (Å²) in [7, 11) is 0. The van der Waals surface area contributed by atoms with Crippen LogP contribution in [-0.2, 0) is 4.79 Å². The van der Waals surface area contributed by atoms with Gasteiger partial charge in [0.15, 0.2) is 0 Å². The number of thioether (sulfide) groups is 1. The fourth-order valence-corrected chi connectivity index (χ4v) is 4.03. The van der Waals surface area contributed by atoms with E-state index in [1.165, 1.54) is 0 Å². The van der Waals surface area contributed by atoms with Crippen molar-refractivity contribution < 1.29 is 9.90 Å². The molecule has 86 valence electrons. The Morgan fingerprint density at radius 3 is 3.00 bits per heavy atom. The minimum Gasteiger partial charge on any atom is -0.392 e. The number of aliphatic hydroxyl groups is 1. The van der Waals surface area contributed by atoms with Crippen LogP contribution in [0.5, 0.6) is 0 Å². The molecule has 4 atom stereocenters. The quantitative estimate of drug-likeness (QED) is 0.469. The molecule has 1 amide bonds. The zero-order valence-corrected chi connectivity index (χ0v) is 10.6. The van der Waals surface area contributed by atoms with Crippen molar-refractivity contribution in [3.8, 4) is 0 Å². The number of nitrogens with zero attached hydrogens (tertiary/aromatic N) is 1. The van der Waals surface area contributed by atoms with E-state index < -0.39 is 6.10 Å². The van der Waals surface area contributed by atoms with Crippen LogP contribution in [0.4, 0.5) is 0 Å². The first-order valence-electron chi connectivity index (χ1n) is 5.14. The fourth-order valence-electron chi connectivity index (χ4n) is 2.22. The van der Waals surface area contributed by atoms with E-state index in [0.29, 0.717) is 6.42 Å². The van der Waals surface area contributed by atoms with Crippen molar-refractivity contribution in [1.29, 1.82) is 0 Å². The Balaban J connectivity index is 2.24. The van der Waals surface area contributed by atoms with Crippen molar-refractivity contribution in [1.82, 2.24) is 4.90 Å². The average Bonchev–Trinajstić information content (AvgIpc) is 2.51. The number of hydrogen-bond donors (Lipinski definition) is 1. The topological polar surface area (TPSA) is 40.5 Å². The number of carbonyl (C=O) groups is 1. The maximum absolute atomic E-state index is 11.9. The maximum atomic E-state index is 11.9. The highest BCUT2D eigenvalue weighted by molar-refractivity contribution is 8.05. The molecule has 0 bridgehead atoms. The van der Waals surface area contributed by atoms with Crippen molar-refractivity contribution in [3.63, 3.8) is 0 Å². The van der Waals surface area contributed by atoms with Crippen molar-refractivity contribution >= 4 is 34.9 Å². The number of carbonyl (C=O) groups excluding carboxylic acids is 1. The molecule has 2 heterocycles. The van der Waals surface area contributed by atoms with E-state index in [4.69, 9.17) is 12.2 Å². The van der Waals surface area contributed by atoms with Crippen LogP contribution in [0.25, 0.3) is 0 Å². The summed E-state index contributed by atoms with van der Waals surface area (Å²) in [6.45, 7) is 5.34. The summed E-state index contributed by atoms with van der Waals surface area (Å²) >= 11 is 6.38. The molecule has 0 aromatic heterocycles. The lowest BCUT2D eigenvalue weighted by Crippen LogP contribution is -2.62. The van der Waals surface area contributed by atoms with E-state index in [0.717, 1.165) is 4.91 Å². The van der Waals surface area contributed by atoms with E-state index >= 15 is 0 Å². The summed E-state index contributed by atoms with van der Waals surface area (Å²) in [5, 5.41) is 12.3. The van der Waals surface area contributed by atoms with Crippen molar-refractivity contribution in [2.75, 3.05) is 0 Å². The van der Waals surface area contributed by atoms with Gasteiger partial charge in [0.05, 0.1) is 28.3 Å². The van der Waals surface area contributed by atoms with Gasteiger partial charge in [-0.15, -0.1) is 6.58 Å². The second-order valence-electron chi connectivity index (χ2n) is 4.03. The van der Waals surface area contributed by atoms with E-state index in [9.17, 15) is 9.90 Å². The summed E-state index contributed by atoms with van der Waals surface area (Å²) < 4.78 is 0. The largest absolute Gasteiger partial charge is 0.392 e. The molecule has 2 aliphatic rings. The van der Waals surface area contributed by atoms with Crippen molar-refractivity contribution in [3.05, 3.63) is 17.6 Å². The van der Waals surface area contributed by atoms with E-state index in [-0.39, 0.29) is 23.2 Å². The van der Waals surface area contributed by atoms with Gasteiger partial charge in [0, 0.05) is 0 Å². The lowest BCUT2D eigenvalue weighted by atomic mass is 9.90. The third kappa shape index (κ3) is 1.55. The normalized spacial score (nSPS) is 34.1. The van der Waals surface area contributed by atoms with Crippen LogP contribution in [-0.4, -0.2) is 38.5 Å². The Hall–Kier alpha value is -0.610. The molecule has 0 aromatic carbocycles. The van der Waals surface area contributed by atoms with Crippen molar-refractivity contribution in [2.24, 2.45) is 5.92 Å². The van der Waals surface area contributed by atoms with Crippen molar-refractivity contribution in [2.45, 2.75) is 30.9 Å². The Kier molecular flexibility index (Phi) is 3.22. The molecule has 0 spiro atoms. The highest BCUT2D eigenvalue weighted by Crippen LogP contribution is 2.50. The maximum Gasteiger partial charge on any atom is 0.232 e. The number of thiocarbonyl (C=S) groups is 1. The van der Waals surface area contributed by atoms with Crippen LogP contribution < -0.4 is 0 Å². The van der Waals surface area contributed by atoms with Crippen LogP contribution >= 0.6 is 24.0 Å². The molecule has 2 saturated heterocycles. The highest BCUT2D eigenvalue weighted by atomic mass is 32.2. The molecule has 2 aliphatic heterocycles. The SMILES string of the molecule is C=CCC1C(=C=S)S[C@@H]2C(C(C)O)C(=O)N12. The summed E-state index contributed by atoms with van der Waals surface area (Å²) in [5.41, 5.74) is 0. The minimum atomic E-state index is -0.602. The van der Waals surface area contributed by atoms with Gasteiger partial charge in [-0.25, -0.2) is 0 Å². The number of amides is 1. The molecule has 3 unspecified atom stereocenters. The van der Waals surface area contributed by atoms with Crippen LogP contribution in [0.1, 0.15) is 13.3 Å². The number of aliphatic hydroxyl groups excluding tert-OH is 1. The van der Waals surface area contributed by atoms with Crippen LogP contribution in [0, 0.1) is 5.92 Å². The Morgan fingerprint density at radius 1 is 1.81 bits per heavy atom. The van der Waals surface area contributed by atoms with Gasteiger partial charge >= 0.3 is 0 Å². The average molecular weight is 255 g/mol. The van der Waals surface area contributed by atoms with E-state index in [1.54, 1.807) is 29.7 Å². The lowest BCUT2D eigenvalue weighted by Gasteiger charge is -2.45. The molecule has 0 aromatic rings. The monoisotopic (exact) mass is 255 g/mol. The van der Waals surface area contributed by atoms with Crippen LogP contribution in [0.3, 0.4) is 0 Å². The number of hydrogen-bond acceptors (Lipinski definition) is 4. The smallest absolute Gasteiger partial charge is 0.232 e. The predicted octanol–water partition coefficient (Wildman–Crippen LogP) is 1.33. The summed E-state index contributed by atoms with van der Waals surface area (Å²) in [6.07, 6.45) is 1.87. The fraction of sp³-hybridized carbons (Fsp3) is 0.545. The number of fused-ring (bicyclic) bond motifs is 1. The Morgan fingerprint density at radius 2 is 2.50 bits per heavy atom. The van der Waals surface area contributed by atoms with Gasteiger partial charge in [0.25, 0.3) is 0 Å². The molecule has 3 nitrogen and oxygen atoms in total. The zero-order valence-electron chi connectivity index (χ0n) is 8.92. The molecular formula is C11H13NO2S2. The lowest BCUT2D eigenvalue weighted by molar-refractivity contribution is -0.158. The van der Waals surface area contributed by atoms with Crippen LogP contribution in [0.15, 0.2) is 17.6 Å². The van der Waals surface area contributed by atoms with E-state index in [2.05, 4.69) is 11.6 Å². The van der Waals surface area contributed by atoms with Gasteiger partial charge in [-0.3, -0.25) is 4.79 Å². The van der Waals surface area contributed by atoms with Gasteiger partial charge in [0.2, 0.25) is 5.91 Å². The third-order valence-electron chi connectivity index (χ3n) is 3.02. The second-order valence-corrected chi connectivity index (χ2v) is 5.39. The predicted molar refractivity (Wildman–Crippen MR) is 68.1 cm³/mol. The molecule has 0 aliphatic carbocycles. The molecular weight excluding hydrogens is 242 g/mol. The molecule has 5 heteroatoms. The highest BCUT2D eigenvalue weighted by Gasteiger charge is 2.57. The first-order chi connectivity index (χ1) is 7.61. The van der Waals surface area contributed by atoms with Gasteiger partial charge in [-0.2, -0.15) is 0 Å². The zero-order chi connectivity index (χ0) is 11.9. The standard InChI is InChI=1S/C11H13NO2S2/c1-3-4-7-8(5-15)16-11-9(6(2)13)10(14)12(7)11/h3,6-7,9,11,13H,1,4H2,2H3/t6?,7?,9?,11-/m1/s1. The molecule has 0 saturated carbocycles. The molecule has 1 N–H and O–H groups in total. The minimum absolute atomic E-state index is 0.00694. The summed E-state index contributed by atoms with van der Waals surface area (Å²) in [5.74, 6) is -0.280. The molecule has 16 heavy (non-hydrogen) atoms. The van der Waals surface area contributed by atoms with Gasteiger partial charge in [-0.1, -0.05) is 17.8 Å². The van der Waals surface area contributed by atoms with E-state index in [1.807, 2.05) is 0 Å². The molecule has 2 fully saturated rings.